The molecule has 2 aromatic rings. The molecule has 0 radical (unpaired) electrons. The fourth-order valence-electron chi connectivity index (χ4n) is 4.48. The van der Waals surface area contributed by atoms with Gasteiger partial charge in [-0.3, -0.25) is 9.89 Å². The number of hydrogen-bond acceptors (Lipinski definition) is 6. The number of likely N-dealkylation sites (N-methyl/N-ethyl adjacent to an activating group) is 1. The van der Waals surface area contributed by atoms with Crippen molar-refractivity contribution >= 4 is 5.91 Å². The molecule has 2 fully saturated rings. The van der Waals surface area contributed by atoms with Crippen LogP contribution in [0.4, 0.5) is 0 Å². The fourth-order valence-corrected chi connectivity index (χ4v) is 4.48. The molecule has 32 heavy (non-hydrogen) atoms. The van der Waals surface area contributed by atoms with Crippen LogP contribution in [0.2, 0.25) is 0 Å². The summed E-state index contributed by atoms with van der Waals surface area (Å²) < 4.78 is 10.8. The van der Waals surface area contributed by atoms with E-state index in [2.05, 4.69) is 27.0 Å². The Morgan fingerprint density at radius 1 is 1.19 bits per heavy atom. The van der Waals surface area contributed by atoms with E-state index in [9.17, 15) is 4.79 Å². The Labute approximate surface area is 190 Å². The Hall–Kier alpha value is -2.42. The van der Waals surface area contributed by atoms with E-state index in [-0.39, 0.29) is 11.9 Å². The molecule has 0 spiro atoms. The summed E-state index contributed by atoms with van der Waals surface area (Å²) in [5, 5.41) is 7.38. The summed E-state index contributed by atoms with van der Waals surface area (Å²) in [5.74, 6) is 0.828. The van der Waals surface area contributed by atoms with Gasteiger partial charge in [0.25, 0.3) is 5.91 Å². The number of amides is 1. The zero-order valence-corrected chi connectivity index (χ0v) is 19.3. The number of carbonyl (C=O) groups excluding carboxylic acids is 1. The van der Waals surface area contributed by atoms with Crippen molar-refractivity contribution in [3.63, 3.8) is 0 Å². The average Bonchev–Trinajstić information content (AvgIpc) is 3.34. The highest BCUT2D eigenvalue weighted by atomic mass is 16.5. The lowest BCUT2D eigenvalue weighted by Crippen LogP contribution is -2.47. The lowest BCUT2D eigenvalue weighted by molar-refractivity contribution is 0.0272. The smallest absolute Gasteiger partial charge is 0.272 e. The number of H-pyrrole nitrogens is 1. The van der Waals surface area contributed by atoms with Crippen molar-refractivity contribution in [2.24, 2.45) is 0 Å². The first kappa shape index (κ1) is 22.8. The summed E-state index contributed by atoms with van der Waals surface area (Å²) in [7, 11) is 3.82. The molecule has 174 valence electrons. The van der Waals surface area contributed by atoms with Crippen LogP contribution >= 0.6 is 0 Å². The number of hydrogen-bond donors (Lipinski definition) is 1. The van der Waals surface area contributed by atoms with Gasteiger partial charge in [-0.1, -0.05) is 0 Å². The number of nitrogens with zero attached hydrogens (tertiary/aromatic N) is 4. The van der Waals surface area contributed by atoms with Crippen LogP contribution in [0.5, 0.6) is 5.75 Å². The third-order valence-electron chi connectivity index (χ3n) is 6.56. The molecule has 1 aromatic heterocycles. The van der Waals surface area contributed by atoms with Crippen LogP contribution in [0.25, 0.3) is 11.3 Å². The third-order valence-corrected chi connectivity index (χ3v) is 6.56. The van der Waals surface area contributed by atoms with Gasteiger partial charge in [-0.2, -0.15) is 5.10 Å². The average molecular weight is 442 g/mol. The number of benzene rings is 1. The van der Waals surface area contributed by atoms with E-state index >= 15 is 0 Å². The van der Waals surface area contributed by atoms with Crippen LogP contribution < -0.4 is 4.74 Å². The van der Waals surface area contributed by atoms with Crippen molar-refractivity contribution in [1.29, 1.82) is 0 Å². The molecule has 0 saturated carbocycles. The van der Waals surface area contributed by atoms with Gasteiger partial charge in [0.1, 0.15) is 11.4 Å². The molecule has 0 unspecified atom stereocenters. The van der Waals surface area contributed by atoms with Crippen LogP contribution in [-0.4, -0.2) is 103 Å². The normalized spacial score (nSPS) is 18.6. The summed E-state index contributed by atoms with van der Waals surface area (Å²) in [6.07, 6.45) is 2.76. The molecule has 1 N–H and O–H groups in total. The quantitative estimate of drug-likeness (QED) is 0.678. The van der Waals surface area contributed by atoms with Crippen LogP contribution in [0.1, 0.15) is 29.8 Å². The van der Waals surface area contributed by atoms with Crippen LogP contribution in [0.3, 0.4) is 0 Å². The van der Waals surface area contributed by atoms with E-state index in [0.29, 0.717) is 18.9 Å². The second-order valence-electron chi connectivity index (χ2n) is 8.74. The molecule has 4 rings (SSSR count). The summed E-state index contributed by atoms with van der Waals surface area (Å²) in [6, 6.07) is 9.79. The van der Waals surface area contributed by atoms with Crippen LogP contribution in [0.15, 0.2) is 30.3 Å². The maximum atomic E-state index is 13.5. The fraction of sp³-hybridized carbons (Fsp3) is 0.583. The summed E-state index contributed by atoms with van der Waals surface area (Å²) in [6.45, 7) is 7.66. The summed E-state index contributed by atoms with van der Waals surface area (Å²) in [5.41, 5.74) is 2.26. The highest BCUT2D eigenvalue weighted by molar-refractivity contribution is 5.93. The molecule has 0 atom stereocenters. The number of methoxy groups -OCH3 is 1. The van der Waals surface area contributed by atoms with Gasteiger partial charge in [0.05, 0.1) is 12.8 Å². The minimum absolute atomic E-state index is 0.0301. The van der Waals surface area contributed by atoms with Gasteiger partial charge in [0.2, 0.25) is 0 Å². The monoisotopic (exact) mass is 441 g/mol. The number of carbonyl (C=O) groups is 1. The molecular formula is C24H35N5O3. The number of nitrogens with one attached hydrogen (secondary N) is 1. The van der Waals surface area contributed by atoms with E-state index in [1.54, 1.807) is 7.11 Å². The molecule has 2 aliphatic heterocycles. The summed E-state index contributed by atoms with van der Waals surface area (Å²) >= 11 is 0. The largest absolute Gasteiger partial charge is 0.497 e. The lowest BCUT2D eigenvalue weighted by atomic mass is 10.1. The van der Waals surface area contributed by atoms with Crippen molar-refractivity contribution in [1.82, 2.24) is 24.9 Å². The highest BCUT2D eigenvalue weighted by Crippen LogP contribution is 2.23. The Kier molecular flexibility index (Phi) is 7.78. The van der Waals surface area contributed by atoms with E-state index in [1.807, 2.05) is 35.2 Å². The molecule has 1 amide bonds. The van der Waals surface area contributed by atoms with E-state index < -0.39 is 0 Å². The summed E-state index contributed by atoms with van der Waals surface area (Å²) in [4.78, 5) is 20.4. The van der Waals surface area contributed by atoms with Crippen molar-refractivity contribution in [2.45, 2.75) is 25.3 Å². The molecule has 0 aliphatic carbocycles. The van der Waals surface area contributed by atoms with Gasteiger partial charge in [0.15, 0.2) is 0 Å². The number of piperazine rings is 1. The number of rotatable bonds is 8. The van der Waals surface area contributed by atoms with E-state index in [0.717, 1.165) is 75.5 Å². The zero-order valence-electron chi connectivity index (χ0n) is 19.3. The minimum atomic E-state index is 0.0301. The highest BCUT2D eigenvalue weighted by Gasteiger charge is 2.28. The second kappa shape index (κ2) is 10.9. The van der Waals surface area contributed by atoms with Gasteiger partial charge < -0.3 is 24.2 Å². The van der Waals surface area contributed by atoms with Gasteiger partial charge in [-0.05, 0) is 63.2 Å². The Morgan fingerprint density at radius 3 is 2.59 bits per heavy atom. The zero-order chi connectivity index (χ0) is 22.3. The Bertz CT molecular complexity index is 855. The molecule has 8 heteroatoms. The van der Waals surface area contributed by atoms with E-state index in [4.69, 9.17) is 9.47 Å². The first-order valence-electron chi connectivity index (χ1n) is 11.6. The molecule has 1 aromatic carbocycles. The van der Waals surface area contributed by atoms with Crippen molar-refractivity contribution in [3.05, 3.63) is 36.0 Å². The van der Waals surface area contributed by atoms with Gasteiger partial charge in [-0.25, -0.2) is 0 Å². The third kappa shape index (κ3) is 5.68. The first-order chi connectivity index (χ1) is 15.6. The predicted octanol–water partition coefficient (Wildman–Crippen LogP) is 2.34. The number of aromatic nitrogens is 2. The Balaban J connectivity index is 1.41. The predicted molar refractivity (Wildman–Crippen MR) is 124 cm³/mol. The van der Waals surface area contributed by atoms with Gasteiger partial charge in [0, 0.05) is 57.5 Å². The van der Waals surface area contributed by atoms with Crippen molar-refractivity contribution in [3.8, 4) is 17.0 Å². The lowest BCUT2D eigenvalue weighted by Gasteiger charge is -2.36. The SMILES string of the molecule is COc1ccc(-c2cc(C(=O)N(CCCN3CCN(C)CC3)C3CCOCC3)[nH]n2)cc1. The maximum absolute atomic E-state index is 13.5. The van der Waals surface area contributed by atoms with Crippen molar-refractivity contribution < 1.29 is 14.3 Å². The number of aromatic amines is 1. The maximum Gasteiger partial charge on any atom is 0.272 e. The van der Waals surface area contributed by atoms with Crippen LogP contribution in [-0.2, 0) is 4.74 Å². The van der Waals surface area contributed by atoms with Crippen molar-refractivity contribution in [2.75, 3.05) is 66.6 Å². The molecule has 2 aliphatic rings. The first-order valence-corrected chi connectivity index (χ1v) is 11.6. The standard InChI is InChI=1S/C24H35N5O3/c1-27-12-14-28(15-13-27)10-3-11-29(20-8-16-32-17-9-20)24(30)23-18-22(25-26-23)19-4-6-21(31-2)7-5-19/h4-7,18,20H,3,8-17H2,1-2H3,(H,25,26). The molecule has 8 nitrogen and oxygen atoms in total. The Morgan fingerprint density at radius 2 is 1.91 bits per heavy atom. The molecule has 2 saturated heterocycles. The minimum Gasteiger partial charge on any atom is -0.497 e. The van der Waals surface area contributed by atoms with Gasteiger partial charge >= 0.3 is 0 Å². The molecular weight excluding hydrogens is 406 g/mol. The topological polar surface area (TPSA) is 73.9 Å². The van der Waals surface area contributed by atoms with Gasteiger partial charge in [-0.15, -0.1) is 0 Å². The molecule has 0 bridgehead atoms. The van der Waals surface area contributed by atoms with Crippen LogP contribution in [0, 0.1) is 0 Å². The van der Waals surface area contributed by atoms with E-state index in [1.165, 1.54) is 0 Å². The molecule has 3 heterocycles. The number of ether oxygens (including phenoxy) is 2. The second-order valence-corrected chi connectivity index (χ2v) is 8.74.